The second-order valence-electron chi connectivity index (χ2n) is 7.39. The van der Waals surface area contributed by atoms with Crippen LogP contribution in [0.3, 0.4) is 0 Å². The van der Waals surface area contributed by atoms with Crippen LogP contribution in [0.1, 0.15) is 61.8 Å². The maximum atomic E-state index is 12.0. The smallest absolute Gasteiger partial charge is 0.228 e. The minimum atomic E-state index is -0.512. The number of hydrogen-bond donors (Lipinski definition) is 1. The number of carbonyl (C=O) groups is 1. The van der Waals surface area contributed by atoms with Gasteiger partial charge in [-0.15, -0.1) is 0 Å². The molecule has 0 aromatic rings. The average Bonchev–Trinajstić information content (AvgIpc) is 2.39. The van der Waals surface area contributed by atoms with Gasteiger partial charge in [0.1, 0.15) is 0 Å². The molecule has 0 aromatic carbocycles. The molecular formula is C18H39NO3. The van der Waals surface area contributed by atoms with Crippen molar-refractivity contribution in [1.82, 2.24) is 5.32 Å². The Labute approximate surface area is 138 Å². The van der Waals surface area contributed by atoms with E-state index in [1.165, 1.54) is 0 Å². The third-order valence-electron chi connectivity index (χ3n) is 3.12. The number of methoxy groups -OCH3 is 1. The topological polar surface area (TPSA) is 47.6 Å². The Morgan fingerprint density at radius 3 is 2.09 bits per heavy atom. The molecule has 0 unspecified atom stereocenters. The summed E-state index contributed by atoms with van der Waals surface area (Å²) in [4.78, 5) is 12.0. The fourth-order valence-electron chi connectivity index (χ4n) is 2.32. The summed E-state index contributed by atoms with van der Waals surface area (Å²) in [5.74, 6) is 0.662. The Balaban J connectivity index is 0. The van der Waals surface area contributed by atoms with Gasteiger partial charge in [-0.05, 0) is 31.6 Å². The summed E-state index contributed by atoms with van der Waals surface area (Å²) < 4.78 is 10.7. The van der Waals surface area contributed by atoms with Crippen LogP contribution in [0, 0.1) is 16.7 Å². The van der Waals surface area contributed by atoms with Crippen molar-refractivity contribution in [2.24, 2.45) is 16.7 Å². The standard InChI is InChI=1S/C16H33NO3.C2H6/c1-13(2)10-15(3,4)11-20-12-16(5,6)14(18)17-8-9-19-7;1-2/h13H,8-12H2,1-7H3,(H,17,18);1-2H3. The molecule has 0 bridgehead atoms. The Bertz CT molecular complexity index is 286. The molecule has 1 amide bonds. The zero-order valence-electron chi connectivity index (χ0n) is 16.3. The van der Waals surface area contributed by atoms with Crippen molar-refractivity contribution >= 4 is 5.91 Å². The largest absolute Gasteiger partial charge is 0.383 e. The maximum Gasteiger partial charge on any atom is 0.228 e. The molecule has 4 heteroatoms. The van der Waals surface area contributed by atoms with Crippen molar-refractivity contribution in [2.45, 2.75) is 61.8 Å². The predicted molar refractivity (Wildman–Crippen MR) is 94.1 cm³/mol. The Kier molecular flexibility index (Phi) is 12.8. The molecule has 0 fully saturated rings. The summed E-state index contributed by atoms with van der Waals surface area (Å²) in [6.45, 7) is 18.9. The molecule has 22 heavy (non-hydrogen) atoms. The summed E-state index contributed by atoms with van der Waals surface area (Å²) in [6, 6.07) is 0. The second kappa shape index (κ2) is 11.9. The van der Waals surface area contributed by atoms with Gasteiger partial charge in [-0.3, -0.25) is 4.79 Å². The van der Waals surface area contributed by atoms with Crippen LogP contribution in [0.4, 0.5) is 0 Å². The van der Waals surface area contributed by atoms with Crippen molar-refractivity contribution in [3.05, 3.63) is 0 Å². The summed E-state index contributed by atoms with van der Waals surface area (Å²) in [5.41, 5.74) is -0.363. The monoisotopic (exact) mass is 317 g/mol. The highest BCUT2D eigenvalue weighted by molar-refractivity contribution is 5.81. The second-order valence-corrected chi connectivity index (χ2v) is 7.39. The summed E-state index contributed by atoms with van der Waals surface area (Å²) >= 11 is 0. The molecule has 0 rings (SSSR count). The molecule has 0 saturated carbocycles. The summed E-state index contributed by atoms with van der Waals surface area (Å²) in [6.07, 6.45) is 1.12. The lowest BCUT2D eigenvalue weighted by atomic mass is 9.85. The molecule has 0 aliphatic heterocycles. The third kappa shape index (κ3) is 12.0. The highest BCUT2D eigenvalue weighted by atomic mass is 16.5. The highest BCUT2D eigenvalue weighted by Crippen LogP contribution is 2.26. The molecule has 134 valence electrons. The number of nitrogens with one attached hydrogen (secondary N) is 1. The molecule has 0 radical (unpaired) electrons. The van der Waals surface area contributed by atoms with E-state index in [2.05, 4.69) is 33.0 Å². The lowest BCUT2D eigenvalue weighted by Crippen LogP contribution is -2.41. The number of hydrogen-bond acceptors (Lipinski definition) is 3. The van der Waals surface area contributed by atoms with Crippen LogP contribution in [0.15, 0.2) is 0 Å². The fourth-order valence-corrected chi connectivity index (χ4v) is 2.32. The predicted octanol–water partition coefficient (Wildman–Crippen LogP) is 3.89. The van der Waals surface area contributed by atoms with Crippen LogP contribution in [0.25, 0.3) is 0 Å². The SMILES string of the molecule is CC.COCCNC(=O)C(C)(C)COCC(C)(C)CC(C)C. The summed E-state index contributed by atoms with van der Waals surface area (Å²) in [5, 5.41) is 2.86. The van der Waals surface area contributed by atoms with Gasteiger partial charge in [0.2, 0.25) is 5.91 Å². The van der Waals surface area contributed by atoms with E-state index in [0.29, 0.717) is 32.3 Å². The molecule has 0 aromatic heterocycles. The molecule has 0 atom stereocenters. The van der Waals surface area contributed by atoms with Gasteiger partial charge >= 0.3 is 0 Å². The third-order valence-corrected chi connectivity index (χ3v) is 3.12. The molecule has 0 aliphatic rings. The van der Waals surface area contributed by atoms with Crippen LogP contribution in [-0.4, -0.2) is 39.4 Å². The Morgan fingerprint density at radius 1 is 1.09 bits per heavy atom. The first-order chi connectivity index (χ1) is 10.1. The van der Waals surface area contributed by atoms with Crippen LogP contribution in [-0.2, 0) is 14.3 Å². The number of carbonyl (C=O) groups excluding carboxylic acids is 1. The lowest BCUT2D eigenvalue weighted by molar-refractivity contribution is -0.133. The van der Waals surface area contributed by atoms with Gasteiger partial charge in [-0.2, -0.15) is 0 Å². The number of amides is 1. The van der Waals surface area contributed by atoms with Crippen LogP contribution in [0.5, 0.6) is 0 Å². The van der Waals surface area contributed by atoms with Crippen LogP contribution < -0.4 is 5.32 Å². The van der Waals surface area contributed by atoms with E-state index in [4.69, 9.17) is 9.47 Å². The molecule has 0 heterocycles. The van der Waals surface area contributed by atoms with Crippen molar-refractivity contribution in [1.29, 1.82) is 0 Å². The van der Waals surface area contributed by atoms with Gasteiger partial charge in [-0.25, -0.2) is 0 Å². The van der Waals surface area contributed by atoms with Crippen molar-refractivity contribution < 1.29 is 14.3 Å². The highest BCUT2D eigenvalue weighted by Gasteiger charge is 2.29. The van der Waals surface area contributed by atoms with Crippen LogP contribution >= 0.6 is 0 Å². The van der Waals surface area contributed by atoms with E-state index in [1.807, 2.05) is 27.7 Å². The zero-order valence-corrected chi connectivity index (χ0v) is 16.3. The van der Waals surface area contributed by atoms with E-state index in [1.54, 1.807) is 7.11 Å². The van der Waals surface area contributed by atoms with E-state index in [0.717, 1.165) is 6.42 Å². The molecule has 1 N–H and O–H groups in total. The normalized spacial score (nSPS) is 11.9. The van der Waals surface area contributed by atoms with Gasteiger partial charge in [0.05, 0.1) is 25.2 Å². The quantitative estimate of drug-likeness (QED) is 0.622. The zero-order chi connectivity index (χ0) is 17.8. The first-order valence-electron chi connectivity index (χ1n) is 8.46. The lowest BCUT2D eigenvalue weighted by Gasteiger charge is -2.29. The van der Waals surface area contributed by atoms with E-state index >= 15 is 0 Å². The number of rotatable bonds is 10. The maximum absolute atomic E-state index is 12.0. The first-order valence-corrected chi connectivity index (χ1v) is 8.46. The Morgan fingerprint density at radius 2 is 1.64 bits per heavy atom. The van der Waals surface area contributed by atoms with Gasteiger partial charge in [0.25, 0.3) is 0 Å². The minimum absolute atomic E-state index is 0.0104. The first kappa shape index (κ1) is 23.7. The number of ether oxygens (including phenoxy) is 2. The van der Waals surface area contributed by atoms with Crippen LogP contribution in [0.2, 0.25) is 0 Å². The van der Waals surface area contributed by atoms with Gasteiger partial charge < -0.3 is 14.8 Å². The average molecular weight is 318 g/mol. The molecule has 0 aliphatic carbocycles. The van der Waals surface area contributed by atoms with Crippen molar-refractivity contribution in [3.63, 3.8) is 0 Å². The molecule has 4 nitrogen and oxygen atoms in total. The van der Waals surface area contributed by atoms with Crippen molar-refractivity contribution in [2.75, 3.05) is 33.5 Å². The fraction of sp³-hybridized carbons (Fsp3) is 0.944. The van der Waals surface area contributed by atoms with Gasteiger partial charge in [-0.1, -0.05) is 41.5 Å². The van der Waals surface area contributed by atoms with E-state index in [9.17, 15) is 4.79 Å². The summed E-state index contributed by atoms with van der Waals surface area (Å²) in [7, 11) is 1.62. The molecule has 0 saturated heterocycles. The Hall–Kier alpha value is -0.610. The minimum Gasteiger partial charge on any atom is -0.383 e. The van der Waals surface area contributed by atoms with Gasteiger partial charge in [0.15, 0.2) is 0 Å². The van der Waals surface area contributed by atoms with E-state index in [-0.39, 0.29) is 11.3 Å². The van der Waals surface area contributed by atoms with E-state index < -0.39 is 5.41 Å². The molecule has 0 spiro atoms. The van der Waals surface area contributed by atoms with Crippen molar-refractivity contribution in [3.8, 4) is 0 Å². The molecular weight excluding hydrogens is 278 g/mol. The van der Waals surface area contributed by atoms with Gasteiger partial charge in [0, 0.05) is 13.7 Å².